The van der Waals surface area contributed by atoms with Crippen LogP contribution >= 0.6 is 0 Å². The number of nitrogens with one attached hydrogen (secondary N) is 1. The molecule has 94 valence electrons. The maximum absolute atomic E-state index is 13.4. The zero-order valence-electron chi connectivity index (χ0n) is 10.1. The highest BCUT2D eigenvalue weighted by Gasteiger charge is 2.24. The fourth-order valence-corrected chi connectivity index (χ4v) is 1.74. The summed E-state index contributed by atoms with van der Waals surface area (Å²) in [4.78, 5) is 13.2. The molecule has 0 spiro atoms. The summed E-state index contributed by atoms with van der Waals surface area (Å²) in [5.74, 6) is -0.669. The predicted octanol–water partition coefficient (Wildman–Crippen LogP) is 1.41. The Labute approximate surface area is 105 Å². The van der Waals surface area contributed by atoms with Gasteiger partial charge in [0.2, 0.25) is 5.91 Å². The number of hydrogen-bond acceptors (Lipinski definition) is 3. The van der Waals surface area contributed by atoms with E-state index in [9.17, 15) is 9.18 Å². The molecule has 0 saturated heterocycles. The average Bonchev–Trinajstić information content (AvgIpc) is 3.12. The van der Waals surface area contributed by atoms with Gasteiger partial charge in [0.25, 0.3) is 0 Å². The van der Waals surface area contributed by atoms with E-state index >= 15 is 0 Å². The first-order valence-corrected chi connectivity index (χ1v) is 5.81. The number of amides is 1. The second-order valence-corrected chi connectivity index (χ2v) is 4.44. The van der Waals surface area contributed by atoms with Gasteiger partial charge in [0.05, 0.1) is 12.2 Å². The third-order valence-corrected chi connectivity index (χ3v) is 2.84. The lowest BCUT2D eigenvalue weighted by molar-refractivity contribution is -0.119. The fraction of sp³-hybridized carbons (Fsp3) is 0.385. The van der Waals surface area contributed by atoms with Crippen molar-refractivity contribution in [2.75, 3.05) is 18.5 Å². The van der Waals surface area contributed by atoms with Gasteiger partial charge in [0.1, 0.15) is 17.4 Å². The van der Waals surface area contributed by atoms with Gasteiger partial charge in [0, 0.05) is 13.1 Å². The van der Waals surface area contributed by atoms with Gasteiger partial charge in [-0.05, 0) is 25.0 Å². The smallest absolute Gasteiger partial charge is 0.239 e. The molecule has 18 heavy (non-hydrogen) atoms. The van der Waals surface area contributed by atoms with Crippen LogP contribution in [-0.2, 0) is 4.79 Å². The minimum atomic E-state index is -0.565. The molecule has 0 aromatic heterocycles. The Morgan fingerprint density at radius 2 is 2.33 bits per heavy atom. The number of nitriles is 1. The quantitative estimate of drug-likeness (QED) is 0.875. The van der Waals surface area contributed by atoms with Gasteiger partial charge in [-0.25, -0.2) is 4.39 Å². The molecule has 0 bridgehead atoms. The van der Waals surface area contributed by atoms with Gasteiger partial charge in [0.15, 0.2) is 0 Å². The second-order valence-electron chi connectivity index (χ2n) is 4.44. The fourth-order valence-electron chi connectivity index (χ4n) is 1.74. The molecule has 1 fully saturated rings. The van der Waals surface area contributed by atoms with Gasteiger partial charge in [-0.3, -0.25) is 4.79 Å². The number of halogens is 1. The molecule has 4 nitrogen and oxygen atoms in total. The minimum Gasteiger partial charge on any atom is -0.364 e. The van der Waals surface area contributed by atoms with E-state index in [2.05, 4.69) is 5.32 Å². The Morgan fingerprint density at radius 3 is 2.94 bits per heavy atom. The number of carbonyl (C=O) groups is 1. The number of likely N-dealkylation sites (N-methyl/N-ethyl adjacent to an activating group) is 1. The third-order valence-electron chi connectivity index (χ3n) is 2.84. The monoisotopic (exact) mass is 247 g/mol. The first-order valence-electron chi connectivity index (χ1n) is 5.81. The number of anilines is 1. The lowest BCUT2D eigenvalue weighted by Gasteiger charge is -2.20. The Hall–Kier alpha value is -2.09. The van der Waals surface area contributed by atoms with E-state index in [0.717, 1.165) is 12.8 Å². The van der Waals surface area contributed by atoms with Crippen molar-refractivity contribution in [2.45, 2.75) is 18.9 Å². The van der Waals surface area contributed by atoms with Gasteiger partial charge in [-0.15, -0.1) is 0 Å². The van der Waals surface area contributed by atoms with Gasteiger partial charge in [-0.2, -0.15) is 5.26 Å². The Kier molecular flexibility index (Phi) is 3.47. The highest BCUT2D eigenvalue weighted by molar-refractivity contribution is 5.82. The van der Waals surface area contributed by atoms with Crippen LogP contribution in [0.4, 0.5) is 10.1 Å². The minimum absolute atomic E-state index is 0.0285. The third kappa shape index (κ3) is 2.77. The normalized spacial score (nSPS) is 13.8. The molecule has 0 radical (unpaired) electrons. The summed E-state index contributed by atoms with van der Waals surface area (Å²) in [5.41, 5.74) is 0.405. The Morgan fingerprint density at radius 1 is 1.61 bits per heavy atom. The van der Waals surface area contributed by atoms with E-state index in [1.165, 1.54) is 12.1 Å². The lowest BCUT2D eigenvalue weighted by Crippen LogP contribution is -2.36. The summed E-state index contributed by atoms with van der Waals surface area (Å²) in [6.45, 7) is 0.120. The van der Waals surface area contributed by atoms with Crippen LogP contribution in [0.25, 0.3) is 0 Å². The van der Waals surface area contributed by atoms with Crippen LogP contribution in [0.15, 0.2) is 18.2 Å². The number of carbonyl (C=O) groups excluding carboxylic acids is 1. The van der Waals surface area contributed by atoms with E-state index in [4.69, 9.17) is 5.26 Å². The Balaban J connectivity index is 2.08. The average molecular weight is 247 g/mol. The molecule has 0 unspecified atom stereocenters. The maximum Gasteiger partial charge on any atom is 0.239 e. The van der Waals surface area contributed by atoms with Crippen molar-refractivity contribution in [2.24, 2.45) is 0 Å². The van der Waals surface area contributed by atoms with Crippen molar-refractivity contribution >= 4 is 11.6 Å². The molecule has 0 aliphatic heterocycles. The van der Waals surface area contributed by atoms with Crippen molar-refractivity contribution in [1.82, 2.24) is 5.32 Å². The molecular formula is C13H14FN3O. The highest BCUT2D eigenvalue weighted by Crippen LogP contribution is 2.22. The largest absolute Gasteiger partial charge is 0.364 e. The molecule has 1 aliphatic rings. The molecule has 1 aliphatic carbocycles. The van der Waals surface area contributed by atoms with Crippen LogP contribution in [-0.4, -0.2) is 25.5 Å². The van der Waals surface area contributed by atoms with Crippen molar-refractivity contribution in [3.05, 3.63) is 29.6 Å². The van der Waals surface area contributed by atoms with E-state index < -0.39 is 5.82 Å². The van der Waals surface area contributed by atoms with Crippen molar-refractivity contribution in [3.8, 4) is 6.07 Å². The summed E-state index contributed by atoms with van der Waals surface area (Å²) >= 11 is 0. The number of benzene rings is 1. The van der Waals surface area contributed by atoms with Crippen LogP contribution in [0, 0.1) is 17.1 Å². The summed E-state index contributed by atoms with van der Waals surface area (Å²) in [6, 6.07) is 6.52. The zero-order valence-corrected chi connectivity index (χ0v) is 10.1. The second kappa shape index (κ2) is 5.05. The molecule has 1 saturated carbocycles. The van der Waals surface area contributed by atoms with Gasteiger partial charge in [-0.1, -0.05) is 6.07 Å². The van der Waals surface area contributed by atoms with Crippen LogP contribution in [0.2, 0.25) is 0 Å². The van der Waals surface area contributed by atoms with Crippen molar-refractivity contribution in [1.29, 1.82) is 5.26 Å². The van der Waals surface area contributed by atoms with Crippen LogP contribution < -0.4 is 10.2 Å². The van der Waals surface area contributed by atoms with E-state index in [0.29, 0.717) is 11.7 Å². The van der Waals surface area contributed by atoms with Crippen LogP contribution in [0.5, 0.6) is 0 Å². The summed E-state index contributed by atoms with van der Waals surface area (Å²) < 4.78 is 13.4. The molecule has 5 heteroatoms. The SMILES string of the molecule is CN(CC(=O)NC1CC1)c1cccc(F)c1C#N. The zero-order chi connectivity index (χ0) is 13.1. The molecule has 1 aromatic carbocycles. The standard InChI is InChI=1S/C13H14FN3O/c1-17(8-13(18)16-9-5-6-9)12-4-2-3-11(14)10(12)7-15/h2-4,9H,5-6,8H2,1H3,(H,16,18). The van der Waals surface area contributed by atoms with Gasteiger partial charge >= 0.3 is 0 Å². The first-order chi connectivity index (χ1) is 8.61. The maximum atomic E-state index is 13.4. The molecule has 2 rings (SSSR count). The van der Waals surface area contributed by atoms with Crippen molar-refractivity contribution in [3.63, 3.8) is 0 Å². The van der Waals surface area contributed by atoms with Crippen LogP contribution in [0.3, 0.4) is 0 Å². The predicted molar refractivity (Wildman–Crippen MR) is 65.5 cm³/mol. The lowest BCUT2D eigenvalue weighted by atomic mass is 10.1. The molecule has 1 amide bonds. The highest BCUT2D eigenvalue weighted by atomic mass is 19.1. The molecule has 0 heterocycles. The summed E-state index contributed by atoms with van der Waals surface area (Å²) in [5, 5.41) is 11.8. The molecule has 0 atom stereocenters. The topological polar surface area (TPSA) is 56.1 Å². The van der Waals surface area contributed by atoms with Crippen molar-refractivity contribution < 1.29 is 9.18 Å². The van der Waals surface area contributed by atoms with E-state index in [1.807, 2.05) is 6.07 Å². The first kappa shape index (κ1) is 12.4. The number of nitrogens with zero attached hydrogens (tertiary/aromatic N) is 2. The molecular weight excluding hydrogens is 233 g/mol. The number of rotatable bonds is 4. The summed E-state index contributed by atoms with van der Waals surface area (Å²) in [7, 11) is 1.67. The molecule has 1 aromatic rings. The van der Waals surface area contributed by atoms with Gasteiger partial charge < -0.3 is 10.2 Å². The Bertz CT molecular complexity index is 505. The number of hydrogen-bond donors (Lipinski definition) is 1. The van der Waals surface area contributed by atoms with Crippen LogP contribution in [0.1, 0.15) is 18.4 Å². The molecule has 1 N–H and O–H groups in total. The van der Waals surface area contributed by atoms with E-state index in [-0.39, 0.29) is 18.0 Å². The summed E-state index contributed by atoms with van der Waals surface area (Å²) in [6.07, 6.45) is 2.05. The van der Waals surface area contributed by atoms with E-state index in [1.54, 1.807) is 18.0 Å².